The second-order valence-electron chi connectivity index (χ2n) is 7.69. The maximum absolute atomic E-state index is 12.2. The van der Waals surface area contributed by atoms with Crippen LogP contribution in [0, 0.1) is 0 Å². The van der Waals surface area contributed by atoms with Crippen LogP contribution in [0.2, 0.25) is 0 Å². The summed E-state index contributed by atoms with van der Waals surface area (Å²) in [5, 5.41) is 11.4. The third-order valence-corrected chi connectivity index (χ3v) is 6.18. The van der Waals surface area contributed by atoms with Crippen LogP contribution in [0.25, 0.3) is 12.2 Å². The van der Waals surface area contributed by atoms with Gasteiger partial charge in [-0.25, -0.2) is 0 Å². The molecule has 0 saturated carbocycles. The molecule has 1 heterocycles. The lowest BCUT2D eigenvalue weighted by molar-refractivity contribution is -0.111. The molecule has 4 nitrogen and oxygen atoms in total. The van der Waals surface area contributed by atoms with Gasteiger partial charge in [-0.05, 0) is 28.2 Å². The molecular formula is C24H25N3OS2. The van der Waals surface area contributed by atoms with Gasteiger partial charge in [0, 0.05) is 11.8 Å². The number of hydrogen-bond acceptors (Lipinski definition) is 5. The monoisotopic (exact) mass is 435 g/mol. The molecule has 0 unspecified atom stereocenters. The topological polar surface area (TPSA) is 54.9 Å². The molecule has 1 aromatic heterocycles. The summed E-state index contributed by atoms with van der Waals surface area (Å²) >= 11 is 2.96. The minimum Gasteiger partial charge on any atom is -0.297 e. The smallest absolute Gasteiger partial charge is 0.250 e. The summed E-state index contributed by atoms with van der Waals surface area (Å²) in [7, 11) is 0. The molecule has 0 saturated heterocycles. The summed E-state index contributed by atoms with van der Waals surface area (Å²) < 4.78 is 0.824. The largest absolute Gasteiger partial charge is 0.297 e. The Labute approximate surface area is 186 Å². The van der Waals surface area contributed by atoms with Gasteiger partial charge in [0.2, 0.25) is 11.0 Å². The fourth-order valence-corrected chi connectivity index (χ4v) is 4.19. The van der Waals surface area contributed by atoms with Crippen molar-refractivity contribution in [1.82, 2.24) is 10.2 Å². The quantitative estimate of drug-likeness (QED) is 0.269. The van der Waals surface area contributed by atoms with Gasteiger partial charge in [-0.2, -0.15) is 0 Å². The Morgan fingerprint density at radius 2 is 1.70 bits per heavy atom. The van der Waals surface area contributed by atoms with Crippen LogP contribution in [0.5, 0.6) is 0 Å². The standard InChI is InChI=1S/C24H25N3OS2/c1-24(2,3)20-14-11-19(12-15-20)13-16-21(28)25-22-26-27-23(30-22)29-17-7-10-18-8-5-4-6-9-18/h4-16H,17H2,1-3H3,(H,25,26,28)/b10-7+,16-13+. The van der Waals surface area contributed by atoms with Gasteiger partial charge in [0.15, 0.2) is 4.34 Å². The highest BCUT2D eigenvalue weighted by Crippen LogP contribution is 2.26. The van der Waals surface area contributed by atoms with E-state index in [1.165, 1.54) is 28.5 Å². The van der Waals surface area contributed by atoms with Crippen LogP contribution in [0.4, 0.5) is 5.13 Å². The molecule has 0 aliphatic heterocycles. The van der Waals surface area contributed by atoms with Crippen molar-refractivity contribution in [2.75, 3.05) is 11.1 Å². The first-order valence-electron chi connectivity index (χ1n) is 9.68. The molecule has 6 heteroatoms. The number of carbonyl (C=O) groups excluding carboxylic acids is 1. The molecule has 1 N–H and O–H groups in total. The van der Waals surface area contributed by atoms with Crippen molar-refractivity contribution in [3.63, 3.8) is 0 Å². The lowest BCUT2D eigenvalue weighted by Gasteiger charge is -2.18. The molecule has 0 spiro atoms. The van der Waals surface area contributed by atoms with Crippen LogP contribution in [0.3, 0.4) is 0 Å². The Morgan fingerprint density at radius 1 is 1.00 bits per heavy atom. The van der Waals surface area contributed by atoms with Crippen molar-refractivity contribution >= 4 is 46.3 Å². The van der Waals surface area contributed by atoms with Crippen LogP contribution < -0.4 is 5.32 Å². The number of rotatable bonds is 7. The van der Waals surface area contributed by atoms with Crippen LogP contribution >= 0.6 is 23.1 Å². The summed E-state index contributed by atoms with van der Waals surface area (Å²) in [4.78, 5) is 12.2. The van der Waals surface area contributed by atoms with E-state index >= 15 is 0 Å². The molecule has 0 fully saturated rings. The van der Waals surface area contributed by atoms with E-state index in [4.69, 9.17) is 0 Å². The van der Waals surface area contributed by atoms with E-state index in [2.05, 4.69) is 72.7 Å². The molecular weight excluding hydrogens is 410 g/mol. The molecule has 1 amide bonds. The third kappa shape index (κ3) is 6.97. The first kappa shape index (κ1) is 22.0. The number of amides is 1. The Morgan fingerprint density at radius 3 is 2.40 bits per heavy atom. The predicted molar refractivity (Wildman–Crippen MR) is 129 cm³/mol. The second-order valence-corrected chi connectivity index (χ2v) is 9.94. The maximum Gasteiger partial charge on any atom is 0.250 e. The lowest BCUT2D eigenvalue weighted by Crippen LogP contribution is -2.10. The maximum atomic E-state index is 12.2. The molecule has 154 valence electrons. The van der Waals surface area contributed by atoms with E-state index in [-0.39, 0.29) is 11.3 Å². The van der Waals surface area contributed by atoms with E-state index in [1.807, 2.05) is 30.3 Å². The Kier molecular flexibility index (Phi) is 7.60. The molecule has 2 aromatic carbocycles. The Balaban J connectivity index is 1.47. The zero-order chi connectivity index (χ0) is 21.4. The second kappa shape index (κ2) is 10.4. The average molecular weight is 436 g/mol. The van der Waals surface area contributed by atoms with Gasteiger partial charge in [0.25, 0.3) is 0 Å². The number of anilines is 1. The highest BCUT2D eigenvalue weighted by molar-refractivity contribution is 8.01. The SMILES string of the molecule is CC(C)(C)c1ccc(/C=C/C(=O)Nc2nnc(SC/C=C/c3ccccc3)s2)cc1. The molecule has 30 heavy (non-hydrogen) atoms. The number of hydrogen-bond donors (Lipinski definition) is 1. The van der Waals surface area contributed by atoms with Crippen molar-refractivity contribution in [2.24, 2.45) is 0 Å². The van der Waals surface area contributed by atoms with E-state index in [0.717, 1.165) is 15.7 Å². The Hall–Kier alpha value is -2.70. The average Bonchev–Trinajstić information content (AvgIpc) is 3.17. The van der Waals surface area contributed by atoms with Gasteiger partial charge in [-0.3, -0.25) is 10.1 Å². The number of carbonyl (C=O) groups is 1. The van der Waals surface area contributed by atoms with E-state index in [9.17, 15) is 4.79 Å². The number of aromatic nitrogens is 2. The van der Waals surface area contributed by atoms with Gasteiger partial charge < -0.3 is 0 Å². The molecule has 0 aliphatic carbocycles. The summed E-state index contributed by atoms with van der Waals surface area (Å²) in [5.41, 5.74) is 3.53. The van der Waals surface area contributed by atoms with Crippen molar-refractivity contribution in [3.05, 3.63) is 83.4 Å². The van der Waals surface area contributed by atoms with Crippen molar-refractivity contribution in [1.29, 1.82) is 0 Å². The molecule has 3 aromatic rings. The first-order valence-corrected chi connectivity index (χ1v) is 11.5. The summed E-state index contributed by atoms with van der Waals surface area (Å²) in [6.07, 6.45) is 7.48. The molecule has 0 atom stereocenters. The van der Waals surface area contributed by atoms with Crippen molar-refractivity contribution in [3.8, 4) is 0 Å². The van der Waals surface area contributed by atoms with Gasteiger partial charge >= 0.3 is 0 Å². The van der Waals surface area contributed by atoms with E-state index in [0.29, 0.717) is 5.13 Å². The lowest BCUT2D eigenvalue weighted by atomic mass is 9.87. The predicted octanol–water partition coefficient (Wildman–Crippen LogP) is 6.29. The van der Waals surface area contributed by atoms with Gasteiger partial charge in [0.1, 0.15) is 0 Å². The number of nitrogens with one attached hydrogen (secondary N) is 1. The minimum absolute atomic E-state index is 0.116. The fraction of sp³-hybridized carbons (Fsp3) is 0.208. The summed E-state index contributed by atoms with van der Waals surface area (Å²) in [6, 6.07) is 18.4. The third-order valence-electron chi connectivity index (χ3n) is 4.25. The number of benzene rings is 2. The fourth-order valence-electron chi connectivity index (χ4n) is 2.60. The molecule has 3 rings (SSSR count). The molecule has 0 aliphatic rings. The van der Waals surface area contributed by atoms with E-state index < -0.39 is 0 Å². The van der Waals surface area contributed by atoms with Gasteiger partial charge in [0.05, 0.1) is 0 Å². The van der Waals surface area contributed by atoms with Crippen LogP contribution in [-0.2, 0) is 10.2 Å². The summed E-state index contributed by atoms with van der Waals surface area (Å²) in [6.45, 7) is 6.54. The zero-order valence-corrected chi connectivity index (χ0v) is 19.0. The molecule has 0 bridgehead atoms. The van der Waals surface area contributed by atoms with Crippen molar-refractivity contribution in [2.45, 2.75) is 30.5 Å². The van der Waals surface area contributed by atoms with Crippen LogP contribution in [-0.4, -0.2) is 21.9 Å². The summed E-state index contributed by atoms with van der Waals surface area (Å²) in [5.74, 6) is 0.577. The van der Waals surface area contributed by atoms with Gasteiger partial charge in [-0.15, -0.1) is 10.2 Å². The van der Waals surface area contributed by atoms with Gasteiger partial charge in [-0.1, -0.05) is 111 Å². The normalized spacial score (nSPS) is 12.0. The van der Waals surface area contributed by atoms with E-state index in [1.54, 1.807) is 17.8 Å². The van der Waals surface area contributed by atoms with Crippen LogP contribution in [0.15, 0.2) is 71.1 Å². The molecule has 0 radical (unpaired) electrons. The number of nitrogens with zero attached hydrogens (tertiary/aromatic N) is 2. The van der Waals surface area contributed by atoms with Crippen molar-refractivity contribution < 1.29 is 4.79 Å². The first-order chi connectivity index (χ1) is 14.4. The highest BCUT2D eigenvalue weighted by atomic mass is 32.2. The zero-order valence-electron chi connectivity index (χ0n) is 17.3. The minimum atomic E-state index is -0.216. The van der Waals surface area contributed by atoms with Crippen LogP contribution in [0.1, 0.15) is 37.5 Å². The highest BCUT2D eigenvalue weighted by Gasteiger charge is 2.12. The number of thioether (sulfide) groups is 1. The Bertz CT molecular complexity index is 1020.